The smallest absolute Gasteiger partial charge is 0.232 e. The highest BCUT2D eigenvalue weighted by Gasteiger charge is 2.22. The zero-order valence-electron chi connectivity index (χ0n) is 10.8. The van der Waals surface area contributed by atoms with Crippen molar-refractivity contribution in [3.05, 3.63) is 23.8 Å². The molecule has 0 aromatic heterocycles. The van der Waals surface area contributed by atoms with Gasteiger partial charge in [0.2, 0.25) is 5.91 Å². The normalized spacial score (nSPS) is 14.8. The molecular weight excluding hydrogens is 230 g/mol. The molecule has 1 heterocycles. The maximum Gasteiger partial charge on any atom is 0.232 e. The summed E-state index contributed by atoms with van der Waals surface area (Å²) in [5.74, 6) is 0.548. The fourth-order valence-electron chi connectivity index (χ4n) is 2.16. The first-order chi connectivity index (χ1) is 8.67. The molecule has 0 spiro atoms. The Balaban J connectivity index is 2.18. The minimum Gasteiger partial charge on any atom is -0.493 e. The van der Waals surface area contributed by atoms with Gasteiger partial charge in [-0.15, -0.1) is 0 Å². The molecule has 1 unspecified atom stereocenters. The maximum atomic E-state index is 12.1. The molecule has 0 fully saturated rings. The van der Waals surface area contributed by atoms with Gasteiger partial charge in [-0.1, -0.05) is 6.92 Å². The van der Waals surface area contributed by atoms with Crippen molar-refractivity contribution >= 4 is 11.6 Å². The number of rotatable bonds is 4. The van der Waals surface area contributed by atoms with Gasteiger partial charge in [0.05, 0.1) is 19.1 Å². The first kappa shape index (κ1) is 12.9. The summed E-state index contributed by atoms with van der Waals surface area (Å²) in [5.41, 5.74) is 2.00. The van der Waals surface area contributed by atoms with Crippen LogP contribution in [-0.2, 0) is 11.2 Å². The van der Waals surface area contributed by atoms with Gasteiger partial charge in [0.15, 0.2) is 0 Å². The number of hydrogen-bond donors (Lipinski definition) is 1. The first-order valence-electron chi connectivity index (χ1n) is 6.31. The van der Waals surface area contributed by atoms with E-state index in [0.29, 0.717) is 13.0 Å². The molecule has 1 N–H and O–H groups in total. The number of carbonyl (C=O) groups is 1. The second kappa shape index (κ2) is 5.40. The van der Waals surface area contributed by atoms with Crippen molar-refractivity contribution in [3.63, 3.8) is 0 Å². The van der Waals surface area contributed by atoms with Gasteiger partial charge in [-0.25, -0.2) is 0 Å². The van der Waals surface area contributed by atoms with Crippen LogP contribution in [0.2, 0.25) is 0 Å². The van der Waals surface area contributed by atoms with Crippen LogP contribution < -0.4 is 9.64 Å². The van der Waals surface area contributed by atoms with Crippen molar-refractivity contribution in [1.29, 1.82) is 0 Å². The van der Waals surface area contributed by atoms with Gasteiger partial charge >= 0.3 is 0 Å². The van der Waals surface area contributed by atoms with E-state index in [4.69, 9.17) is 4.74 Å². The SMILES string of the molecule is CCC(CO)C(=O)N(C)c1ccc2c(c1)CCO2. The maximum absolute atomic E-state index is 12.1. The fourth-order valence-corrected chi connectivity index (χ4v) is 2.16. The lowest BCUT2D eigenvalue weighted by molar-refractivity contribution is -0.123. The van der Waals surface area contributed by atoms with Crippen LogP contribution >= 0.6 is 0 Å². The lowest BCUT2D eigenvalue weighted by Crippen LogP contribution is -2.34. The molecule has 4 heteroatoms. The van der Waals surface area contributed by atoms with E-state index < -0.39 is 0 Å². The lowest BCUT2D eigenvalue weighted by Gasteiger charge is -2.22. The van der Waals surface area contributed by atoms with Crippen molar-refractivity contribution in [2.24, 2.45) is 5.92 Å². The number of aliphatic hydroxyl groups excluding tert-OH is 1. The summed E-state index contributed by atoms with van der Waals surface area (Å²) in [7, 11) is 1.75. The Hall–Kier alpha value is -1.55. The Morgan fingerprint density at radius 1 is 1.56 bits per heavy atom. The monoisotopic (exact) mass is 249 g/mol. The molecular formula is C14H19NO3. The van der Waals surface area contributed by atoms with Crippen molar-refractivity contribution in [1.82, 2.24) is 0 Å². The van der Waals surface area contributed by atoms with Crippen LogP contribution in [0.3, 0.4) is 0 Å². The largest absolute Gasteiger partial charge is 0.493 e. The Morgan fingerprint density at radius 3 is 3.00 bits per heavy atom. The molecule has 4 nitrogen and oxygen atoms in total. The first-order valence-corrected chi connectivity index (χ1v) is 6.31. The molecule has 2 rings (SSSR count). The highest BCUT2D eigenvalue weighted by Crippen LogP contribution is 2.29. The average Bonchev–Trinajstić information content (AvgIpc) is 2.86. The van der Waals surface area contributed by atoms with Crippen LogP contribution in [0.1, 0.15) is 18.9 Å². The van der Waals surface area contributed by atoms with Gasteiger partial charge in [0, 0.05) is 19.2 Å². The number of anilines is 1. The van der Waals surface area contributed by atoms with Crippen molar-refractivity contribution < 1.29 is 14.6 Å². The Morgan fingerprint density at radius 2 is 2.33 bits per heavy atom. The van der Waals surface area contributed by atoms with E-state index in [2.05, 4.69) is 0 Å². The third-order valence-corrected chi connectivity index (χ3v) is 3.45. The minimum absolute atomic E-state index is 0.0427. The second-order valence-corrected chi connectivity index (χ2v) is 4.58. The third kappa shape index (κ3) is 2.34. The van der Waals surface area contributed by atoms with E-state index in [-0.39, 0.29) is 18.4 Å². The van der Waals surface area contributed by atoms with Crippen molar-refractivity contribution in [2.75, 3.05) is 25.2 Å². The highest BCUT2D eigenvalue weighted by atomic mass is 16.5. The summed E-state index contributed by atoms with van der Waals surface area (Å²) in [4.78, 5) is 13.8. The topological polar surface area (TPSA) is 49.8 Å². The molecule has 1 atom stereocenters. The summed E-state index contributed by atoms with van der Waals surface area (Å²) in [6.45, 7) is 2.52. The molecule has 1 aromatic rings. The van der Waals surface area contributed by atoms with Gasteiger partial charge in [0.1, 0.15) is 5.75 Å². The summed E-state index contributed by atoms with van der Waals surface area (Å²) in [6.07, 6.45) is 1.54. The summed E-state index contributed by atoms with van der Waals surface area (Å²) >= 11 is 0. The summed E-state index contributed by atoms with van der Waals surface area (Å²) in [5, 5.41) is 9.18. The fraction of sp³-hybridized carbons (Fsp3) is 0.500. The van der Waals surface area contributed by atoms with E-state index in [1.807, 2.05) is 25.1 Å². The van der Waals surface area contributed by atoms with Crippen molar-refractivity contribution in [3.8, 4) is 5.75 Å². The molecule has 1 aromatic carbocycles. The molecule has 0 saturated carbocycles. The standard InChI is InChI=1S/C14H19NO3/c1-3-10(9-16)14(17)15(2)12-4-5-13-11(8-12)6-7-18-13/h4-5,8,10,16H,3,6-7,9H2,1-2H3. The van der Waals surface area contributed by atoms with Crippen LogP contribution in [0.4, 0.5) is 5.69 Å². The predicted octanol–water partition coefficient (Wildman–Crippen LogP) is 1.60. The number of aliphatic hydroxyl groups is 1. The summed E-state index contributed by atoms with van der Waals surface area (Å²) < 4.78 is 5.44. The highest BCUT2D eigenvalue weighted by molar-refractivity contribution is 5.94. The number of nitrogens with zero attached hydrogens (tertiary/aromatic N) is 1. The van der Waals surface area contributed by atoms with Gasteiger partial charge < -0.3 is 14.7 Å². The van der Waals surface area contributed by atoms with E-state index in [1.54, 1.807) is 11.9 Å². The molecule has 0 saturated heterocycles. The van der Waals surface area contributed by atoms with Crippen LogP contribution in [-0.4, -0.2) is 31.3 Å². The van der Waals surface area contributed by atoms with Gasteiger partial charge in [0.25, 0.3) is 0 Å². The third-order valence-electron chi connectivity index (χ3n) is 3.45. The quantitative estimate of drug-likeness (QED) is 0.881. The number of fused-ring (bicyclic) bond motifs is 1. The van der Waals surface area contributed by atoms with E-state index >= 15 is 0 Å². The lowest BCUT2D eigenvalue weighted by atomic mass is 10.1. The zero-order valence-corrected chi connectivity index (χ0v) is 10.8. The number of amides is 1. The molecule has 1 aliphatic heterocycles. The van der Waals surface area contributed by atoms with Crippen LogP contribution in [0, 0.1) is 5.92 Å². The van der Waals surface area contributed by atoms with E-state index in [1.165, 1.54) is 0 Å². The summed E-state index contributed by atoms with van der Waals surface area (Å²) in [6, 6.07) is 5.78. The molecule has 98 valence electrons. The van der Waals surface area contributed by atoms with E-state index in [9.17, 15) is 9.90 Å². The molecule has 18 heavy (non-hydrogen) atoms. The number of hydrogen-bond acceptors (Lipinski definition) is 3. The molecule has 0 bridgehead atoms. The minimum atomic E-state index is -0.320. The van der Waals surface area contributed by atoms with Crippen LogP contribution in [0.25, 0.3) is 0 Å². The molecule has 0 aliphatic carbocycles. The molecule has 1 amide bonds. The van der Waals surface area contributed by atoms with Crippen LogP contribution in [0.5, 0.6) is 5.75 Å². The van der Waals surface area contributed by atoms with Crippen LogP contribution in [0.15, 0.2) is 18.2 Å². The van der Waals surface area contributed by atoms with Gasteiger partial charge in [-0.2, -0.15) is 0 Å². The molecule has 0 radical (unpaired) electrons. The Bertz CT molecular complexity index is 441. The number of carbonyl (C=O) groups excluding carboxylic acids is 1. The number of ether oxygens (including phenoxy) is 1. The van der Waals surface area contributed by atoms with Crippen molar-refractivity contribution in [2.45, 2.75) is 19.8 Å². The van der Waals surface area contributed by atoms with E-state index in [0.717, 1.165) is 23.4 Å². The Labute approximate surface area is 107 Å². The Kier molecular flexibility index (Phi) is 3.87. The second-order valence-electron chi connectivity index (χ2n) is 4.58. The number of benzene rings is 1. The average molecular weight is 249 g/mol. The predicted molar refractivity (Wildman–Crippen MR) is 69.9 cm³/mol. The van der Waals surface area contributed by atoms with Gasteiger partial charge in [-0.05, 0) is 30.2 Å². The van der Waals surface area contributed by atoms with Gasteiger partial charge in [-0.3, -0.25) is 4.79 Å². The molecule has 1 aliphatic rings. The zero-order chi connectivity index (χ0) is 13.1.